The van der Waals surface area contributed by atoms with Crippen LogP contribution >= 0.6 is 0 Å². The molecule has 0 saturated carbocycles. The van der Waals surface area contributed by atoms with Crippen molar-refractivity contribution in [2.24, 2.45) is 0 Å². The summed E-state index contributed by atoms with van der Waals surface area (Å²) < 4.78 is 78.6. The molecule has 0 unspecified atom stereocenters. The van der Waals surface area contributed by atoms with Crippen LogP contribution in [0.25, 0.3) is 0 Å². The Bertz CT molecular complexity index is 55.1. The second-order valence-corrected chi connectivity index (χ2v) is 2.57. The first-order valence-electron chi connectivity index (χ1n) is 1.51. The molecule has 0 amide bonds. The van der Waals surface area contributed by atoms with Gasteiger partial charge in [0.1, 0.15) is 0 Å². The number of rotatable bonds is 0. The van der Waals surface area contributed by atoms with E-state index in [1.165, 1.54) is 0 Å². The molecule has 0 N–H and O–H groups in total. The summed E-state index contributed by atoms with van der Waals surface area (Å²) in [5, 5.41) is 0. The Kier molecular flexibility index (Phi) is 8.57. The maximum atomic E-state index is 9.83. The highest BCUT2D eigenvalue weighted by Crippen LogP contribution is 2.07. The fourth-order valence-electron chi connectivity index (χ4n) is 0. The zero-order chi connectivity index (χ0) is 9.00. The van der Waals surface area contributed by atoms with Gasteiger partial charge < -0.3 is 0 Å². The Morgan fingerprint density at radius 2 is 0.455 bits per heavy atom. The standard InChI is InChI=1S/CH4.2F4Si/c;2*1-5(2,3)4/h1H4;;. The zero-order valence-electron chi connectivity index (χ0n) is 4.02. The summed E-state index contributed by atoms with van der Waals surface area (Å²) in [6, 6.07) is 0. The summed E-state index contributed by atoms with van der Waals surface area (Å²) in [6.45, 7) is 0. The van der Waals surface area contributed by atoms with E-state index in [0.717, 1.165) is 0 Å². The molecule has 0 aromatic carbocycles. The van der Waals surface area contributed by atoms with Gasteiger partial charge in [-0.3, -0.25) is 0 Å². The molecule has 72 valence electrons. The Morgan fingerprint density at radius 1 is 0.455 bits per heavy atom. The van der Waals surface area contributed by atoms with E-state index in [-0.39, 0.29) is 7.43 Å². The average molecular weight is 224 g/mol. The Hall–Kier alpha value is -0.126. The van der Waals surface area contributed by atoms with Gasteiger partial charge in [0, 0.05) is 0 Å². The molecular weight excluding hydrogens is 220 g/mol. The van der Waals surface area contributed by atoms with Crippen molar-refractivity contribution < 1.29 is 32.9 Å². The van der Waals surface area contributed by atoms with E-state index < -0.39 is 18.8 Å². The molecule has 0 aromatic rings. The summed E-state index contributed by atoms with van der Waals surface area (Å²) in [4.78, 5) is 0. The average Bonchev–Trinajstić information content (AvgIpc) is 1.12. The van der Waals surface area contributed by atoms with Crippen LogP contribution in [0.15, 0.2) is 0 Å². The van der Waals surface area contributed by atoms with Crippen LogP contribution in [-0.4, -0.2) is 18.8 Å². The molecule has 0 heterocycles. The molecule has 0 rings (SSSR count). The van der Waals surface area contributed by atoms with Gasteiger partial charge in [-0.1, -0.05) is 7.43 Å². The second kappa shape index (κ2) is 5.51. The van der Waals surface area contributed by atoms with Crippen molar-refractivity contribution in [2.75, 3.05) is 0 Å². The van der Waals surface area contributed by atoms with Gasteiger partial charge in [0.25, 0.3) is 0 Å². The predicted molar refractivity (Wildman–Crippen MR) is 27.1 cm³/mol. The third-order valence-corrected chi connectivity index (χ3v) is 0. The maximum Gasteiger partial charge on any atom is 0.844 e. The first kappa shape index (κ1) is 17.1. The van der Waals surface area contributed by atoms with E-state index in [1.54, 1.807) is 0 Å². The van der Waals surface area contributed by atoms with Gasteiger partial charge in [-0.25, -0.2) is 32.9 Å². The fourth-order valence-corrected chi connectivity index (χ4v) is 0. The highest BCUT2D eigenvalue weighted by atomic mass is 28.5. The van der Waals surface area contributed by atoms with Gasteiger partial charge in [0.2, 0.25) is 0 Å². The van der Waals surface area contributed by atoms with Gasteiger partial charge in [-0.15, -0.1) is 0 Å². The molecule has 11 heavy (non-hydrogen) atoms. The van der Waals surface area contributed by atoms with Crippen molar-refractivity contribution in [3.63, 3.8) is 0 Å². The van der Waals surface area contributed by atoms with Crippen LogP contribution in [0.5, 0.6) is 0 Å². The van der Waals surface area contributed by atoms with Crippen LogP contribution in [0.2, 0.25) is 0 Å². The van der Waals surface area contributed by atoms with Crippen LogP contribution in [0.3, 0.4) is 0 Å². The third kappa shape index (κ3) is 38400. The SMILES string of the molecule is C.F[Si](F)(F)F.F[Si](F)(F)F. The first-order valence-corrected chi connectivity index (χ1v) is 4.54. The third-order valence-electron chi connectivity index (χ3n) is 0. The van der Waals surface area contributed by atoms with Gasteiger partial charge in [0.15, 0.2) is 0 Å². The van der Waals surface area contributed by atoms with E-state index in [4.69, 9.17) is 0 Å². The fraction of sp³-hybridized carbons (Fsp3) is 1.00. The minimum atomic E-state index is -6.61. The zero-order valence-corrected chi connectivity index (χ0v) is 6.02. The molecule has 0 bridgehead atoms. The lowest BCUT2D eigenvalue weighted by molar-refractivity contribution is 0.366. The lowest BCUT2D eigenvalue weighted by Gasteiger charge is -1.75. The van der Waals surface area contributed by atoms with Gasteiger partial charge in [-0.2, -0.15) is 0 Å². The second-order valence-electron chi connectivity index (χ2n) is 0.857. The Morgan fingerprint density at radius 3 is 0.455 bits per heavy atom. The molecule has 0 aliphatic carbocycles. The summed E-state index contributed by atoms with van der Waals surface area (Å²) in [6.07, 6.45) is 0. The largest absolute Gasteiger partial charge is 0.844 e. The molecule has 0 aliphatic heterocycles. The van der Waals surface area contributed by atoms with Gasteiger partial charge in [0.05, 0.1) is 0 Å². The lowest BCUT2D eigenvalue weighted by atomic mass is 12.0. The van der Waals surface area contributed by atoms with Crippen LogP contribution in [0.4, 0.5) is 32.9 Å². The van der Waals surface area contributed by atoms with E-state index in [0.29, 0.717) is 0 Å². The molecule has 0 aliphatic rings. The molecule has 0 aromatic heterocycles. The van der Waals surface area contributed by atoms with E-state index in [1.807, 2.05) is 0 Å². The maximum absolute atomic E-state index is 9.83. The minimum absolute atomic E-state index is 0. The minimum Gasteiger partial charge on any atom is -0.211 e. The Labute approximate surface area is 60.2 Å². The van der Waals surface area contributed by atoms with Crippen molar-refractivity contribution in [1.29, 1.82) is 0 Å². The predicted octanol–water partition coefficient (Wildman–Crippen LogP) is 3.24. The summed E-state index contributed by atoms with van der Waals surface area (Å²) in [7, 11) is -13.2. The molecule has 0 nitrogen and oxygen atoms in total. The molecular formula is CH4F8Si2. The van der Waals surface area contributed by atoms with Crippen molar-refractivity contribution in [1.82, 2.24) is 0 Å². The molecule has 0 radical (unpaired) electrons. The topological polar surface area (TPSA) is 0 Å². The van der Waals surface area contributed by atoms with E-state index >= 15 is 0 Å². The first-order chi connectivity index (χ1) is 4.00. The van der Waals surface area contributed by atoms with Gasteiger partial charge in [-0.05, 0) is 0 Å². The summed E-state index contributed by atoms with van der Waals surface area (Å²) in [5.74, 6) is 0. The van der Waals surface area contributed by atoms with Gasteiger partial charge >= 0.3 is 18.8 Å². The van der Waals surface area contributed by atoms with E-state index in [2.05, 4.69) is 0 Å². The summed E-state index contributed by atoms with van der Waals surface area (Å²) in [5.41, 5.74) is 0. The monoisotopic (exact) mass is 224 g/mol. The van der Waals surface area contributed by atoms with Crippen LogP contribution in [0, 0.1) is 0 Å². The lowest BCUT2D eigenvalue weighted by Crippen LogP contribution is -2.02. The van der Waals surface area contributed by atoms with Crippen LogP contribution in [-0.2, 0) is 0 Å². The Balaban J connectivity index is -0.000000107. The molecule has 0 spiro atoms. The molecule has 10 heteroatoms. The normalized spacial score (nSPS) is 10.9. The van der Waals surface area contributed by atoms with Crippen molar-refractivity contribution in [3.05, 3.63) is 0 Å². The van der Waals surface area contributed by atoms with Crippen LogP contribution < -0.4 is 0 Å². The molecule has 0 fully saturated rings. The summed E-state index contributed by atoms with van der Waals surface area (Å²) >= 11 is 0. The number of hydrogen-bond acceptors (Lipinski definition) is 0. The quantitative estimate of drug-likeness (QED) is 0.336. The molecule has 0 saturated heterocycles. The van der Waals surface area contributed by atoms with Crippen molar-refractivity contribution >= 4 is 18.8 Å². The number of hydrogen-bond donors (Lipinski definition) is 0. The highest BCUT2D eigenvalue weighted by molar-refractivity contribution is 6.50. The van der Waals surface area contributed by atoms with E-state index in [9.17, 15) is 32.9 Å². The number of halogens is 8. The molecule has 0 atom stereocenters. The highest BCUT2D eigenvalue weighted by Gasteiger charge is 2.39. The smallest absolute Gasteiger partial charge is 0.211 e. The van der Waals surface area contributed by atoms with Crippen molar-refractivity contribution in [2.45, 2.75) is 7.43 Å². The van der Waals surface area contributed by atoms with Crippen molar-refractivity contribution in [3.8, 4) is 0 Å². The van der Waals surface area contributed by atoms with Crippen LogP contribution in [0.1, 0.15) is 7.43 Å².